The van der Waals surface area contributed by atoms with E-state index in [9.17, 15) is 9.90 Å². The van der Waals surface area contributed by atoms with Crippen LogP contribution in [-0.2, 0) is 0 Å². The summed E-state index contributed by atoms with van der Waals surface area (Å²) in [4.78, 5) is 11.8. The van der Waals surface area contributed by atoms with E-state index in [4.69, 9.17) is 11.6 Å². The number of halogens is 1. The van der Waals surface area contributed by atoms with Crippen LogP contribution in [0.5, 0.6) is 0 Å². The molecule has 0 saturated heterocycles. The van der Waals surface area contributed by atoms with Crippen molar-refractivity contribution in [1.29, 1.82) is 0 Å². The lowest BCUT2D eigenvalue weighted by molar-refractivity contribution is 0.102. The molecular weight excluding hydrogens is 244 g/mol. The van der Waals surface area contributed by atoms with Crippen molar-refractivity contribution >= 4 is 29.1 Å². The molecule has 0 aliphatic heterocycles. The summed E-state index contributed by atoms with van der Waals surface area (Å²) in [6.07, 6.45) is -0.413. The van der Waals surface area contributed by atoms with Crippen LogP contribution in [0.3, 0.4) is 0 Å². The number of carbonyl (C=O) groups excluding carboxylic acids is 1. The maximum absolute atomic E-state index is 11.8. The minimum absolute atomic E-state index is 0.00287. The Bertz CT molecular complexity index is 366. The second-order valence-corrected chi connectivity index (χ2v) is 5.43. The fourth-order valence-corrected chi connectivity index (χ4v) is 2.20. The van der Waals surface area contributed by atoms with Gasteiger partial charge in [-0.1, -0.05) is 30.7 Å². The first-order valence-electron chi connectivity index (χ1n) is 5.09. The van der Waals surface area contributed by atoms with Crippen molar-refractivity contribution in [3.63, 3.8) is 0 Å². The number of ketones is 1. The predicted octanol–water partition coefficient (Wildman–Crippen LogP) is 3.03. The Hall–Kier alpha value is -0.510. The average molecular weight is 259 g/mol. The molecule has 2 nitrogen and oxygen atoms in total. The number of hydrogen-bond donors (Lipinski definition) is 1. The number of aliphatic hydroxyl groups excluding tert-OH is 1. The van der Waals surface area contributed by atoms with E-state index in [1.54, 1.807) is 31.2 Å². The number of thioether (sulfide) groups is 1. The zero-order chi connectivity index (χ0) is 12.1. The Kier molecular flexibility index (Phi) is 5.32. The molecule has 0 aromatic heterocycles. The van der Waals surface area contributed by atoms with Gasteiger partial charge in [0.25, 0.3) is 0 Å². The standard InChI is InChI=1S/C12H15ClO2S/c1-8(14)9(2)16-7-12(15)10-5-3-4-6-11(10)13/h3-6,8-9,14H,7H2,1-2H3. The smallest absolute Gasteiger partial charge is 0.174 e. The van der Waals surface area contributed by atoms with Crippen LogP contribution in [-0.4, -0.2) is 28.0 Å². The third-order valence-electron chi connectivity index (χ3n) is 2.33. The highest BCUT2D eigenvalue weighted by molar-refractivity contribution is 8.00. The second kappa shape index (κ2) is 6.28. The normalized spacial score (nSPS) is 14.5. The summed E-state index contributed by atoms with van der Waals surface area (Å²) in [6.45, 7) is 3.62. The van der Waals surface area contributed by atoms with Crippen LogP contribution in [0, 0.1) is 0 Å². The quantitative estimate of drug-likeness (QED) is 0.825. The van der Waals surface area contributed by atoms with Gasteiger partial charge in [-0.3, -0.25) is 4.79 Å². The Morgan fingerprint density at radius 3 is 2.62 bits per heavy atom. The Labute approximate surface area is 105 Å². The van der Waals surface area contributed by atoms with Crippen molar-refractivity contribution in [1.82, 2.24) is 0 Å². The molecule has 1 aromatic carbocycles. The lowest BCUT2D eigenvalue weighted by Gasteiger charge is -2.13. The summed E-state index contributed by atoms with van der Waals surface area (Å²) < 4.78 is 0. The highest BCUT2D eigenvalue weighted by Gasteiger charge is 2.14. The Morgan fingerprint density at radius 1 is 1.44 bits per heavy atom. The number of rotatable bonds is 5. The fraction of sp³-hybridized carbons (Fsp3) is 0.417. The maximum Gasteiger partial charge on any atom is 0.174 e. The molecule has 0 amide bonds. The first-order valence-corrected chi connectivity index (χ1v) is 6.52. The summed E-state index contributed by atoms with van der Waals surface area (Å²) in [5.41, 5.74) is 0.550. The van der Waals surface area contributed by atoms with Crippen LogP contribution in [0.25, 0.3) is 0 Å². The third kappa shape index (κ3) is 3.81. The molecule has 0 heterocycles. The van der Waals surface area contributed by atoms with Crippen molar-refractivity contribution < 1.29 is 9.90 Å². The number of carbonyl (C=O) groups is 1. The molecule has 1 rings (SSSR count). The third-order valence-corrected chi connectivity index (χ3v) is 4.01. The molecule has 88 valence electrons. The molecule has 0 fully saturated rings. The zero-order valence-corrected chi connectivity index (χ0v) is 10.9. The minimum atomic E-state index is -0.413. The van der Waals surface area contributed by atoms with Crippen LogP contribution in [0.2, 0.25) is 5.02 Å². The average Bonchev–Trinajstić information content (AvgIpc) is 2.25. The van der Waals surface area contributed by atoms with E-state index in [0.717, 1.165) is 0 Å². The predicted molar refractivity (Wildman–Crippen MR) is 69.4 cm³/mol. The largest absolute Gasteiger partial charge is 0.392 e. The van der Waals surface area contributed by atoms with Gasteiger partial charge < -0.3 is 5.11 Å². The van der Waals surface area contributed by atoms with Crippen molar-refractivity contribution in [2.45, 2.75) is 25.2 Å². The Balaban J connectivity index is 2.57. The number of Topliss-reactive ketones (excluding diaryl/α,β-unsaturated/α-hetero) is 1. The summed E-state index contributed by atoms with van der Waals surface area (Å²) in [7, 11) is 0. The van der Waals surface area contributed by atoms with E-state index in [-0.39, 0.29) is 11.0 Å². The highest BCUT2D eigenvalue weighted by Crippen LogP contribution is 2.20. The molecule has 0 radical (unpaired) electrons. The number of hydrogen-bond acceptors (Lipinski definition) is 3. The molecule has 1 N–H and O–H groups in total. The molecule has 0 spiro atoms. The first-order chi connectivity index (χ1) is 7.52. The SMILES string of the molecule is CC(O)C(C)SCC(=O)c1ccccc1Cl. The van der Waals surface area contributed by atoms with E-state index in [1.807, 2.05) is 6.92 Å². The zero-order valence-electron chi connectivity index (χ0n) is 9.31. The van der Waals surface area contributed by atoms with E-state index in [2.05, 4.69) is 0 Å². The van der Waals surface area contributed by atoms with Crippen LogP contribution < -0.4 is 0 Å². The molecule has 4 heteroatoms. The van der Waals surface area contributed by atoms with Gasteiger partial charge in [-0.05, 0) is 19.1 Å². The molecular formula is C12H15ClO2S. The van der Waals surface area contributed by atoms with Crippen LogP contribution >= 0.6 is 23.4 Å². The monoisotopic (exact) mass is 258 g/mol. The van der Waals surface area contributed by atoms with Gasteiger partial charge in [0.15, 0.2) is 5.78 Å². The summed E-state index contributed by atoms with van der Waals surface area (Å²) >= 11 is 7.36. The molecule has 0 bridgehead atoms. The molecule has 0 aliphatic rings. The van der Waals surface area contributed by atoms with Crippen molar-refractivity contribution in [3.05, 3.63) is 34.9 Å². The summed E-state index contributed by atoms with van der Waals surface area (Å²) in [5, 5.41) is 9.83. The Morgan fingerprint density at radius 2 is 2.06 bits per heavy atom. The van der Waals surface area contributed by atoms with E-state index >= 15 is 0 Å². The van der Waals surface area contributed by atoms with Gasteiger partial charge in [0, 0.05) is 10.8 Å². The van der Waals surface area contributed by atoms with Gasteiger partial charge >= 0.3 is 0 Å². The second-order valence-electron chi connectivity index (χ2n) is 3.66. The molecule has 2 atom stereocenters. The van der Waals surface area contributed by atoms with E-state index in [1.165, 1.54) is 11.8 Å². The summed E-state index contributed by atoms with van der Waals surface area (Å²) in [6, 6.07) is 7.02. The van der Waals surface area contributed by atoms with Crippen molar-refractivity contribution in [3.8, 4) is 0 Å². The molecule has 16 heavy (non-hydrogen) atoms. The lowest BCUT2D eigenvalue weighted by Crippen LogP contribution is -2.17. The minimum Gasteiger partial charge on any atom is -0.392 e. The van der Waals surface area contributed by atoms with Crippen LogP contribution in [0.1, 0.15) is 24.2 Å². The summed E-state index contributed by atoms with van der Waals surface area (Å²) in [5.74, 6) is 0.346. The van der Waals surface area contributed by atoms with Crippen LogP contribution in [0.15, 0.2) is 24.3 Å². The van der Waals surface area contributed by atoms with E-state index < -0.39 is 6.10 Å². The van der Waals surface area contributed by atoms with E-state index in [0.29, 0.717) is 16.3 Å². The molecule has 1 aromatic rings. The first kappa shape index (κ1) is 13.6. The molecule has 2 unspecified atom stereocenters. The van der Waals surface area contributed by atoms with Gasteiger partial charge in [-0.2, -0.15) is 0 Å². The number of benzene rings is 1. The van der Waals surface area contributed by atoms with Gasteiger partial charge in [0.1, 0.15) is 0 Å². The van der Waals surface area contributed by atoms with Gasteiger partial charge in [0.2, 0.25) is 0 Å². The van der Waals surface area contributed by atoms with Crippen molar-refractivity contribution in [2.24, 2.45) is 0 Å². The molecule has 0 aliphatic carbocycles. The number of aliphatic hydroxyl groups is 1. The fourth-order valence-electron chi connectivity index (χ4n) is 1.11. The van der Waals surface area contributed by atoms with Gasteiger partial charge in [-0.25, -0.2) is 0 Å². The highest BCUT2D eigenvalue weighted by atomic mass is 35.5. The molecule has 0 saturated carbocycles. The topological polar surface area (TPSA) is 37.3 Å². The van der Waals surface area contributed by atoms with Gasteiger partial charge in [-0.15, -0.1) is 11.8 Å². The maximum atomic E-state index is 11.8. The van der Waals surface area contributed by atoms with Crippen molar-refractivity contribution in [2.75, 3.05) is 5.75 Å². The van der Waals surface area contributed by atoms with Gasteiger partial charge in [0.05, 0.1) is 16.9 Å². The van der Waals surface area contributed by atoms with Crippen LogP contribution in [0.4, 0.5) is 0 Å². The lowest BCUT2D eigenvalue weighted by atomic mass is 10.1.